The second-order valence-electron chi connectivity index (χ2n) is 4.57. The molecule has 0 saturated carbocycles. The van der Waals surface area contributed by atoms with Gasteiger partial charge in [-0.25, -0.2) is 9.18 Å². The van der Waals surface area contributed by atoms with E-state index in [9.17, 15) is 19.3 Å². The van der Waals surface area contributed by atoms with E-state index in [0.29, 0.717) is 12.6 Å². The fourth-order valence-electron chi connectivity index (χ4n) is 2.38. The fourth-order valence-corrected chi connectivity index (χ4v) is 2.38. The molecule has 0 radical (unpaired) electrons. The average Bonchev–Trinajstić information content (AvgIpc) is 2.74. The number of nitrogens with zero attached hydrogens (tertiary/aromatic N) is 2. The van der Waals surface area contributed by atoms with Crippen molar-refractivity contribution in [2.45, 2.75) is 25.8 Å². The van der Waals surface area contributed by atoms with Crippen molar-refractivity contribution in [3.8, 4) is 0 Å². The van der Waals surface area contributed by atoms with E-state index in [0.717, 1.165) is 18.9 Å². The molecule has 0 bridgehead atoms. The Morgan fingerprint density at radius 1 is 1.58 bits per heavy atom. The maximum absolute atomic E-state index is 13.5. The molecule has 0 spiro atoms. The number of carboxylic acids is 1. The van der Waals surface area contributed by atoms with Crippen molar-refractivity contribution in [1.82, 2.24) is 0 Å². The molecule has 6 nitrogen and oxygen atoms in total. The molecule has 1 aliphatic heterocycles. The van der Waals surface area contributed by atoms with Crippen LogP contribution < -0.4 is 4.90 Å². The van der Waals surface area contributed by atoms with Crippen molar-refractivity contribution in [1.29, 1.82) is 0 Å². The summed E-state index contributed by atoms with van der Waals surface area (Å²) in [4.78, 5) is 23.0. The van der Waals surface area contributed by atoms with Gasteiger partial charge in [-0.05, 0) is 25.8 Å². The standard InChI is InChI=1S/C12H13FN2O4/c1-7-3-2-4-14(7)10-5-8(12(16)17)9(13)6-11(10)15(18)19/h5-7H,2-4H2,1H3,(H,16,17). The molecule has 2 rings (SSSR count). The first-order valence-corrected chi connectivity index (χ1v) is 5.89. The summed E-state index contributed by atoms with van der Waals surface area (Å²) in [6.07, 6.45) is 1.75. The Balaban J connectivity index is 2.58. The topological polar surface area (TPSA) is 83.7 Å². The third kappa shape index (κ3) is 2.35. The van der Waals surface area contributed by atoms with E-state index >= 15 is 0 Å². The van der Waals surface area contributed by atoms with Crippen LogP contribution in [0.3, 0.4) is 0 Å². The number of anilines is 1. The van der Waals surface area contributed by atoms with E-state index in [2.05, 4.69) is 0 Å². The zero-order valence-electron chi connectivity index (χ0n) is 10.3. The molecule has 1 heterocycles. The highest BCUT2D eigenvalue weighted by molar-refractivity contribution is 5.90. The number of benzene rings is 1. The van der Waals surface area contributed by atoms with Gasteiger partial charge in [-0.15, -0.1) is 0 Å². The second kappa shape index (κ2) is 4.83. The van der Waals surface area contributed by atoms with Crippen LogP contribution in [0.25, 0.3) is 0 Å². The lowest BCUT2D eigenvalue weighted by Gasteiger charge is -2.23. The number of nitro benzene ring substituents is 1. The third-order valence-electron chi connectivity index (χ3n) is 3.35. The number of hydrogen-bond acceptors (Lipinski definition) is 4. The van der Waals surface area contributed by atoms with E-state index in [1.165, 1.54) is 0 Å². The van der Waals surface area contributed by atoms with Gasteiger partial charge in [-0.1, -0.05) is 0 Å². The van der Waals surface area contributed by atoms with E-state index in [1.54, 1.807) is 4.90 Å². The average molecular weight is 268 g/mol. The molecule has 19 heavy (non-hydrogen) atoms. The summed E-state index contributed by atoms with van der Waals surface area (Å²) < 4.78 is 13.5. The van der Waals surface area contributed by atoms with Crippen LogP contribution in [-0.4, -0.2) is 28.6 Å². The smallest absolute Gasteiger partial charge is 0.338 e. The van der Waals surface area contributed by atoms with Crippen LogP contribution in [0.4, 0.5) is 15.8 Å². The van der Waals surface area contributed by atoms with Crippen molar-refractivity contribution < 1.29 is 19.2 Å². The minimum Gasteiger partial charge on any atom is -0.478 e. The molecule has 0 amide bonds. The largest absolute Gasteiger partial charge is 0.478 e. The zero-order valence-corrected chi connectivity index (χ0v) is 10.3. The van der Waals surface area contributed by atoms with E-state index in [1.807, 2.05) is 6.92 Å². The predicted molar refractivity (Wildman–Crippen MR) is 66.1 cm³/mol. The quantitative estimate of drug-likeness (QED) is 0.672. The molecule has 102 valence electrons. The van der Waals surface area contributed by atoms with Crippen molar-refractivity contribution in [3.05, 3.63) is 33.6 Å². The molecule has 1 N–H and O–H groups in total. The van der Waals surface area contributed by atoms with Crippen molar-refractivity contribution >= 4 is 17.3 Å². The van der Waals surface area contributed by atoms with Crippen LogP contribution in [-0.2, 0) is 0 Å². The number of aromatic carboxylic acids is 1. The van der Waals surface area contributed by atoms with Gasteiger partial charge in [0.2, 0.25) is 0 Å². The van der Waals surface area contributed by atoms with Crippen molar-refractivity contribution in [2.75, 3.05) is 11.4 Å². The summed E-state index contributed by atoms with van der Waals surface area (Å²) in [5, 5.41) is 19.9. The first-order valence-electron chi connectivity index (χ1n) is 5.89. The number of carbonyl (C=O) groups is 1. The molecule has 1 atom stereocenters. The Labute approximate surface area is 108 Å². The monoisotopic (exact) mass is 268 g/mol. The Bertz CT molecular complexity index is 547. The Kier molecular flexibility index (Phi) is 3.37. The van der Waals surface area contributed by atoms with Crippen molar-refractivity contribution in [2.24, 2.45) is 0 Å². The lowest BCUT2D eigenvalue weighted by Crippen LogP contribution is -2.27. The Morgan fingerprint density at radius 3 is 2.74 bits per heavy atom. The Morgan fingerprint density at radius 2 is 2.26 bits per heavy atom. The maximum atomic E-state index is 13.5. The molecule has 0 aliphatic carbocycles. The highest BCUT2D eigenvalue weighted by atomic mass is 19.1. The zero-order chi connectivity index (χ0) is 14.2. The molecular formula is C12H13FN2O4. The molecule has 1 unspecified atom stereocenters. The van der Waals surface area contributed by atoms with Crippen LogP contribution in [0.15, 0.2) is 12.1 Å². The molecule has 7 heteroatoms. The fraction of sp³-hybridized carbons (Fsp3) is 0.417. The number of carboxylic acid groups (broad SMARTS) is 1. The van der Waals surface area contributed by atoms with Gasteiger partial charge in [-0.2, -0.15) is 0 Å². The lowest BCUT2D eigenvalue weighted by molar-refractivity contribution is -0.384. The third-order valence-corrected chi connectivity index (χ3v) is 3.35. The number of nitro groups is 1. The molecule has 1 aromatic rings. The summed E-state index contributed by atoms with van der Waals surface area (Å²) in [7, 11) is 0. The number of hydrogen-bond donors (Lipinski definition) is 1. The molecule has 1 fully saturated rings. The maximum Gasteiger partial charge on any atom is 0.338 e. The molecule has 0 aromatic heterocycles. The van der Waals surface area contributed by atoms with Gasteiger partial charge < -0.3 is 10.0 Å². The van der Waals surface area contributed by atoms with Crippen LogP contribution in [0.2, 0.25) is 0 Å². The molecule has 1 saturated heterocycles. The first-order chi connectivity index (χ1) is 8.91. The van der Waals surface area contributed by atoms with Gasteiger partial charge in [-0.3, -0.25) is 10.1 Å². The van der Waals surface area contributed by atoms with Gasteiger partial charge in [0.1, 0.15) is 11.5 Å². The lowest BCUT2D eigenvalue weighted by atomic mass is 10.1. The number of halogens is 1. The van der Waals surface area contributed by atoms with Crippen LogP contribution in [0.5, 0.6) is 0 Å². The second-order valence-corrected chi connectivity index (χ2v) is 4.57. The minimum absolute atomic E-state index is 0.0748. The van der Waals surface area contributed by atoms with Gasteiger partial charge >= 0.3 is 5.97 Å². The molecule has 1 aliphatic rings. The summed E-state index contributed by atoms with van der Waals surface area (Å²) in [5.41, 5.74) is -0.759. The summed E-state index contributed by atoms with van der Waals surface area (Å²) in [5.74, 6) is -2.52. The SMILES string of the molecule is CC1CCCN1c1cc(C(=O)O)c(F)cc1[N+](=O)[O-]. The first kappa shape index (κ1) is 13.3. The Hall–Kier alpha value is -2.18. The summed E-state index contributed by atoms with van der Waals surface area (Å²) >= 11 is 0. The summed E-state index contributed by atoms with van der Waals surface area (Å²) in [6.45, 7) is 2.51. The van der Waals surface area contributed by atoms with Crippen molar-refractivity contribution in [3.63, 3.8) is 0 Å². The predicted octanol–water partition coefficient (Wildman–Crippen LogP) is 2.42. The van der Waals surface area contributed by atoms with Gasteiger partial charge in [0.15, 0.2) is 0 Å². The van der Waals surface area contributed by atoms with Gasteiger partial charge in [0.05, 0.1) is 16.6 Å². The van der Waals surface area contributed by atoms with E-state index < -0.39 is 28.0 Å². The summed E-state index contributed by atoms with van der Waals surface area (Å²) in [6, 6.07) is 1.81. The van der Waals surface area contributed by atoms with E-state index in [4.69, 9.17) is 5.11 Å². The van der Waals surface area contributed by atoms with Gasteiger partial charge in [0, 0.05) is 12.6 Å². The van der Waals surface area contributed by atoms with Crippen LogP contribution >= 0.6 is 0 Å². The highest BCUT2D eigenvalue weighted by Gasteiger charge is 2.29. The van der Waals surface area contributed by atoms with E-state index in [-0.39, 0.29) is 11.7 Å². The van der Waals surface area contributed by atoms with Crippen LogP contribution in [0, 0.1) is 15.9 Å². The minimum atomic E-state index is -1.43. The van der Waals surface area contributed by atoms with Gasteiger partial charge in [0.25, 0.3) is 5.69 Å². The normalized spacial score (nSPS) is 18.6. The number of rotatable bonds is 3. The molecule has 1 aromatic carbocycles. The molecular weight excluding hydrogens is 255 g/mol. The van der Waals surface area contributed by atoms with Crippen LogP contribution in [0.1, 0.15) is 30.1 Å². The highest BCUT2D eigenvalue weighted by Crippen LogP contribution is 2.35.